The Morgan fingerprint density at radius 3 is 2.52 bits per heavy atom. The average molecular weight is 416 g/mol. The molecule has 0 bridgehead atoms. The monoisotopic (exact) mass is 416 g/mol. The van der Waals surface area contributed by atoms with E-state index in [1.54, 1.807) is 55.5 Å². The van der Waals surface area contributed by atoms with Crippen molar-refractivity contribution < 1.29 is 22.7 Å². The van der Waals surface area contributed by atoms with Crippen LogP contribution in [0.15, 0.2) is 53.4 Å². The topological polar surface area (TPSA) is 92.8 Å². The molecule has 1 aliphatic rings. The van der Waals surface area contributed by atoms with Crippen LogP contribution in [-0.4, -0.2) is 44.8 Å². The number of rotatable bonds is 5. The molecule has 1 amide bonds. The average Bonchev–Trinajstić information content (AvgIpc) is 2.75. The van der Waals surface area contributed by atoms with Gasteiger partial charge in [-0.1, -0.05) is 24.3 Å². The number of amides is 1. The Hall–Kier alpha value is -2.71. The third-order valence-corrected chi connectivity index (χ3v) is 7.01. The highest BCUT2D eigenvalue weighted by molar-refractivity contribution is 7.89. The van der Waals surface area contributed by atoms with Gasteiger partial charge in [0.15, 0.2) is 0 Å². The smallest absolute Gasteiger partial charge is 0.338 e. The molecule has 1 fully saturated rings. The van der Waals surface area contributed by atoms with E-state index in [1.165, 1.54) is 11.4 Å². The number of carbonyl (C=O) groups excluding carboxylic acids is 2. The lowest BCUT2D eigenvalue weighted by atomic mass is 9.98. The molecule has 1 aliphatic heterocycles. The summed E-state index contributed by atoms with van der Waals surface area (Å²) in [7, 11) is -2.34. The molecule has 29 heavy (non-hydrogen) atoms. The fraction of sp³-hybridized carbons (Fsp3) is 0.333. The van der Waals surface area contributed by atoms with Crippen LogP contribution in [0, 0.1) is 12.8 Å². The van der Waals surface area contributed by atoms with Crippen molar-refractivity contribution in [3.8, 4) is 0 Å². The van der Waals surface area contributed by atoms with Crippen LogP contribution >= 0.6 is 0 Å². The van der Waals surface area contributed by atoms with Crippen molar-refractivity contribution >= 4 is 27.6 Å². The summed E-state index contributed by atoms with van der Waals surface area (Å²) in [4.78, 5) is 24.9. The van der Waals surface area contributed by atoms with E-state index < -0.39 is 21.9 Å². The van der Waals surface area contributed by atoms with E-state index >= 15 is 0 Å². The van der Waals surface area contributed by atoms with E-state index in [0.29, 0.717) is 36.2 Å². The van der Waals surface area contributed by atoms with Crippen molar-refractivity contribution in [2.24, 2.45) is 5.92 Å². The molecule has 0 radical (unpaired) electrons. The molecule has 3 rings (SSSR count). The van der Waals surface area contributed by atoms with Crippen LogP contribution in [0.3, 0.4) is 0 Å². The van der Waals surface area contributed by atoms with E-state index in [0.717, 1.165) is 0 Å². The first kappa shape index (κ1) is 21.0. The Balaban J connectivity index is 1.75. The fourth-order valence-electron chi connectivity index (χ4n) is 3.45. The predicted octanol–water partition coefficient (Wildman–Crippen LogP) is 2.82. The highest BCUT2D eigenvalue weighted by Crippen LogP contribution is 2.26. The first-order chi connectivity index (χ1) is 13.8. The maximum Gasteiger partial charge on any atom is 0.338 e. The van der Waals surface area contributed by atoms with Crippen LogP contribution in [-0.2, 0) is 19.6 Å². The first-order valence-electron chi connectivity index (χ1n) is 9.38. The first-order valence-corrected chi connectivity index (χ1v) is 10.8. The Bertz CT molecular complexity index is 1000. The minimum absolute atomic E-state index is 0.124. The number of nitrogens with zero attached hydrogens (tertiary/aromatic N) is 1. The summed E-state index contributed by atoms with van der Waals surface area (Å²) in [6.45, 7) is 2.24. The van der Waals surface area contributed by atoms with Gasteiger partial charge in [-0.3, -0.25) is 4.79 Å². The lowest BCUT2D eigenvalue weighted by molar-refractivity contribution is -0.120. The second-order valence-corrected chi connectivity index (χ2v) is 8.91. The molecule has 0 aliphatic carbocycles. The summed E-state index contributed by atoms with van der Waals surface area (Å²) in [6, 6.07) is 13.2. The van der Waals surface area contributed by atoms with Crippen LogP contribution in [0.25, 0.3) is 0 Å². The molecule has 1 N–H and O–H groups in total. The van der Waals surface area contributed by atoms with E-state index in [1.807, 2.05) is 0 Å². The SMILES string of the molecule is COC(=O)c1cccc(NC(=O)[C@H]2CCCN(S(=O)(=O)c3ccccc3)C2)c1C. The Morgan fingerprint density at radius 1 is 1.10 bits per heavy atom. The molecule has 0 unspecified atom stereocenters. The number of piperidine rings is 1. The molecule has 8 heteroatoms. The number of ether oxygens (including phenoxy) is 1. The summed E-state index contributed by atoms with van der Waals surface area (Å²) < 4.78 is 31.9. The fourth-order valence-corrected chi connectivity index (χ4v) is 5.00. The molecule has 1 heterocycles. The highest BCUT2D eigenvalue weighted by atomic mass is 32.2. The number of anilines is 1. The van der Waals surface area contributed by atoms with Gasteiger partial charge >= 0.3 is 5.97 Å². The number of hydrogen-bond donors (Lipinski definition) is 1. The molecule has 154 valence electrons. The molecule has 0 saturated carbocycles. The van der Waals surface area contributed by atoms with Crippen molar-refractivity contribution in [3.05, 3.63) is 59.7 Å². The minimum atomic E-state index is -3.64. The summed E-state index contributed by atoms with van der Waals surface area (Å²) in [6.07, 6.45) is 1.20. The Labute approximate surface area is 170 Å². The van der Waals surface area contributed by atoms with Gasteiger partial charge in [-0.15, -0.1) is 0 Å². The quantitative estimate of drug-likeness (QED) is 0.757. The van der Waals surface area contributed by atoms with Gasteiger partial charge in [0.1, 0.15) is 0 Å². The van der Waals surface area contributed by atoms with Gasteiger partial charge in [0, 0.05) is 18.8 Å². The van der Waals surface area contributed by atoms with Crippen molar-refractivity contribution in [3.63, 3.8) is 0 Å². The van der Waals surface area contributed by atoms with Crippen LogP contribution in [0.4, 0.5) is 5.69 Å². The van der Waals surface area contributed by atoms with Gasteiger partial charge in [0.05, 0.1) is 23.5 Å². The van der Waals surface area contributed by atoms with E-state index in [9.17, 15) is 18.0 Å². The van der Waals surface area contributed by atoms with Crippen molar-refractivity contribution in [2.75, 3.05) is 25.5 Å². The molecular formula is C21H24N2O5S. The van der Waals surface area contributed by atoms with E-state index in [4.69, 9.17) is 4.74 Å². The zero-order valence-corrected chi connectivity index (χ0v) is 17.2. The van der Waals surface area contributed by atoms with Gasteiger partial charge in [-0.25, -0.2) is 13.2 Å². The number of methoxy groups -OCH3 is 1. The molecule has 0 aromatic heterocycles. The third kappa shape index (κ3) is 4.49. The molecule has 7 nitrogen and oxygen atoms in total. The van der Waals surface area contributed by atoms with Crippen LogP contribution in [0.1, 0.15) is 28.8 Å². The maximum absolute atomic E-state index is 12.9. The normalized spacial score (nSPS) is 17.5. The number of carbonyl (C=O) groups is 2. The standard InChI is InChI=1S/C21H24N2O5S/c1-15-18(21(25)28-2)11-6-12-19(15)22-20(24)16-8-7-13-23(14-16)29(26,27)17-9-4-3-5-10-17/h3-6,9-12,16H,7-8,13-14H2,1-2H3,(H,22,24)/t16-/m0/s1. The summed E-state index contributed by atoms with van der Waals surface area (Å²) in [5, 5.41) is 2.84. The summed E-state index contributed by atoms with van der Waals surface area (Å²) in [5.41, 5.74) is 1.50. The number of benzene rings is 2. The second kappa shape index (κ2) is 8.75. The summed E-state index contributed by atoms with van der Waals surface area (Å²) >= 11 is 0. The lowest BCUT2D eigenvalue weighted by Crippen LogP contribution is -2.43. The molecule has 2 aromatic carbocycles. The number of hydrogen-bond acceptors (Lipinski definition) is 5. The predicted molar refractivity (Wildman–Crippen MR) is 109 cm³/mol. The maximum atomic E-state index is 12.9. The minimum Gasteiger partial charge on any atom is -0.465 e. The second-order valence-electron chi connectivity index (χ2n) is 6.97. The molecule has 1 saturated heterocycles. The zero-order chi connectivity index (χ0) is 21.0. The van der Waals surface area contributed by atoms with Crippen molar-refractivity contribution in [2.45, 2.75) is 24.7 Å². The van der Waals surface area contributed by atoms with Crippen LogP contribution in [0.2, 0.25) is 0 Å². The van der Waals surface area contributed by atoms with Crippen LogP contribution in [0.5, 0.6) is 0 Å². The van der Waals surface area contributed by atoms with E-state index in [-0.39, 0.29) is 17.3 Å². The number of nitrogens with one attached hydrogen (secondary N) is 1. The largest absolute Gasteiger partial charge is 0.465 e. The third-order valence-electron chi connectivity index (χ3n) is 5.13. The summed E-state index contributed by atoms with van der Waals surface area (Å²) in [5.74, 6) is -1.21. The highest BCUT2D eigenvalue weighted by Gasteiger charge is 2.33. The van der Waals surface area contributed by atoms with Gasteiger partial charge in [-0.2, -0.15) is 4.31 Å². The van der Waals surface area contributed by atoms with Gasteiger partial charge < -0.3 is 10.1 Å². The Kier molecular flexibility index (Phi) is 6.34. The molecule has 1 atom stereocenters. The number of esters is 1. The van der Waals surface area contributed by atoms with Crippen LogP contribution < -0.4 is 5.32 Å². The van der Waals surface area contributed by atoms with Crippen molar-refractivity contribution in [1.82, 2.24) is 4.31 Å². The van der Waals surface area contributed by atoms with E-state index in [2.05, 4.69) is 5.32 Å². The molecule has 0 spiro atoms. The van der Waals surface area contributed by atoms with Gasteiger partial charge in [0.25, 0.3) is 0 Å². The molecular weight excluding hydrogens is 392 g/mol. The van der Waals surface area contributed by atoms with Crippen molar-refractivity contribution in [1.29, 1.82) is 0 Å². The van der Waals surface area contributed by atoms with Gasteiger partial charge in [0.2, 0.25) is 15.9 Å². The zero-order valence-electron chi connectivity index (χ0n) is 16.4. The number of sulfonamides is 1. The molecule has 2 aromatic rings. The van der Waals surface area contributed by atoms with Gasteiger partial charge in [-0.05, 0) is 49.6 Å². The lowest BCUT2D eigenvalue weighted by Gasteiger charge is -2.31. The Morgan fingerprint density at radius 2 is 1.83 bits per heavy atom.